The maximum Gasteiger partial charge on any atom is 0.0759 e. The highest BCUT2D eigenvalue weighted by Gasteiger charge is 2.39. The quantitative estimate of drug-likeness (QED) is 0.248. The van der Waals surface area contributed by atoms with Gasteiger partial charge < -0.3 is 0 Å². The van der Waals surface area contributed by atoms with Gasteiger partial charge in [0.25, 0.3) is 0 Å². The molecule has 7 rings (SSSR count). The summed E-state index contributed by atoms with van der Waals surface area (Å²) >= 11 is 0. The minimum Gasteiger partial charge on any atom is -0.256 e. The van der Waals surface area contributed by atoms with E-state index < -0.39 is 0 Å². The highest BCUT2D eigenvalue weighted by Crippen LogP contribution is 2.53. The van der Waals surface area contributed by atoms with Crippen LogP contribution in [0.25, 0.3) is 55.3 Å². The van der Waals surface area contributed by atoms with Crippen molar-refractivity contribution in [1.29, 1.82) is 0 Å². The summed E-state index contributed by atoms with van der Waals surface area (Å²) in [6.07, 6.45) is 1.85. The zero-order valence-electron chi connectivity index (χ0n) is 19.8. The van der Waals surface area contributed by atoms with E-state index in [1.54, 1.807) is 0 Å². The lowest BCUT2D eigenvalue weighted by atomic mass is 9.78. The van der Waals surface area contributed by atoms with Gasteiger partial charge in [0.05, 0.1) is 16.9 Å². The molecular weight excluding hydrogens is 424 g/mol. The summed E-state index contributed by atoms with van der Waals surface area (Å²) in [5.41, 5.74) is 10.5. The van der Waals surface area contributed by atoms with Crippen LogP contribution in [0, 0.1) is 0 Å². The smallest absolute Gasteiger partial charge is 0.0759 e. The van der Waals surface area contributed by atoms with Crippen molar-refractivity contribution in [1.82, 2.24) is 9.97 Å². The SMILES string of the molecule is CC1(C)c2ccccc2-c2nc3ccc4ccccc4c3c(-c3ccc(-c4ccccn4)cc3)c21. The summed E-state index contributed by atoms with van der Waals surface area (Å²) in [5.74, 6) is 0. The van der Waals surface area contributed by atoms with Crippen molar-refractivity contribution >= 4 is 21.7 Å². The molecule has 0 aliphatic heterocycles. The Hall–Kier alpha value is -4.30. The summed E-state index contributed by atoms with van der Waals surface area (Å²) in [7, 11) is 0. The van der Waals surface area contributed by atoms with E-state index in [0.717, 1.165) is 22.5 Å². The molecule has 2 heteroatoms. The Morgan fingerprint density at radius 2 is 1.40 bits per heavy atom. The van der Waals surface area contributed by atoms with Crippen molar-refractivity contribution in [2.45, 2.75) is 19.3 Å². The monoisotopic (exact) mass is 448 g/mol. The molecule has 1 aliphatic carbocycles. The predicted octanol–water partition coefficient (Wildman–Crippen LogP) is 8.42. The molecule has 0 saturated heterocycles. The maximum absolute atomic E-state index is 5.28. The Bertz CT molecular complexity index is 1750. The van der Waals surface area contributed by atoms with Gasteiger partial charge in [-0.25, -0.2) is 4.98 Å². The first-order valence-corrected chi connectivity index (χ1v) is 12.1. The van der Waals surface area contributed by atoms with Crippen molar-refractivity contribution in [3.63, 3.8) is 0 Å². The molecule has 0 N–H and O–H groups in total. The fourth-order valence-electron chi connectivity index (χ4n) is 5.84. The number of benzene rings is 4. The lowest BCUT2D eigenvalue weighted by Crippen LogP contribution is -2.16. The van der Waals surface area contributed by atoms with Crippen molar-refractivity contribution in [3.05, 3.63) is 120 Å². The van der Waals surface area contributed by atoms with Gasteiger partial charge in [0.1, 0.15) is 0 Å². The van der Waals surface area contributed by atoms with Crippen LogP contribution >= 0.6 is 0 Å². The molecule has 0 radical (unpaired) electrons. The summed E-state index contributed by atoms with van der Waals surface area (Å²) in [5, 5.41) is 3.71. The van der Waals surface area contributed by atoms with E-state index in [-0.39, 0.29) is 5.41 Å². The molecule has 35 heavy (non-hydrogen) atoms. The van der Waals surface area contributed by atoms with Crippen LogP contribution in [0.3, 0.4) is 0 Å². The molecule has 0 atom stereocenters. The molecule has 0 fully saturated rings. The van der Waals surface area contributed by atoms with Crippen LogP contribution in [0.4, 0.5) is 0 Å². The average molecular weight is 449 g/mol. The van der Waals surface area contributed by atoms with E-state index in [0.29, 0.717) is 0 Å². The average Bonchev–Trinajstić information content (AvgIpc) is 3.14. The third-order valence-electron chi connectivity index (χ3n) is 7.49. The second kappa shape index (κ2) is 7.35. The van der Waals surface area contributed by atoms with Crippen molar-refractivity contribution < 1.29 is 0 Å². The van der Waals surface area contributed by atoms with Crippen LogP contribution < -0.4 is 0 Å². The fraction of sp³-hybridized carbons (Fsp3) is 0.0909. The molecule has 0 spiro atoms. The predicted molar refractivity (Wildman–Crippen MR) is 145 cm³/mol. The van der Waals surface area contributed by atoms with E-state index in [2.05, 4.69) is 110 Å². The second-order valence-corrected chi connectivity index (χ2v) is 9.85. The topological polar surface area (TPSA) is 25.8 Å². The summed E-state index contributed by atoms with van der Waals surface area (Å²) < 4.78 is 0. The summed E-state index contributed by atoms with van der Waals surface area (Å²) in [6, 6.07) is 36.7. The van der Waals surface area contributed by atoms with E-state index >= 15 is 0 Å². The maximum atomic E-state index is 5.28. The molecule has 2 nitrogen and oxygen atoms in total. The lowest BCUT2D eigenvalue weighted by molar-refractivity contribution is 0.662. The Balaban J connectivity index is 1.59. The molecule has 2 aromatic heterocycles. The number of fused-ring (bicyclic) bond motifs is 6. The highest BCUT2D eigenvalue weighted by atomic mass is 14.7. The second-order valence-electron chi connectivity index (χ2n) is 9.85. The third-order valence-corrected chi connectivity index (χ3v) is 7.49. The standard InChI is InChI=1S/C33H24N2/c1-33(2)26-12-6-5-11-25(26)32-31(33)29(23-16-14-22(15-17-23)27-13-7-8-20-34-27)30-24-10-4-3-9-21(24)18-19-28(30)35-32/h3-20H,1-2H3. The first-order valence-electron chi connectivity index (χ1n) is 12.1. The Kier molecular flexibility index (Phi) is 4.22. The molecule has 0 amide bonds. The molecule has 6 aromatic rings. The molecule has 0 bridgehead atoms. The van der Waals surface area contributed by atoms with Crippen LogP contribution in [0.2, 0.25) is 0 Å². The number of hydrogen-bond acceptors (Lipinski definition) is 2. The van der Waals surface area contributed by atoms with E-state index in [1.165, 1.54) is 44.0 Å². The molecule has 1 aliphatic rings. The summed E-state index contributed by atoms with van der Waals surface area (Å²) in [4.78, 5) is 9.82. The van der Waals surface area contributed by atoms with Gasteiger partial charge in [-0.3, -0.25) is 4.98 Å². The number of rotatable bonds is 2. The number of nitrogens with zero attached hydrogens (tertiary/aromatic N) is 2. The number of pyridine rings is 2. The summed E-state index contributed by atoms with van der Waals surface area (Å²) in [6.45, 7) is 4.67. The molecular formula is C33H24N2. The minimum absolute atomic E-state index is 0.154. The Morgan fingerprint density at radius 3 is 2.23 bits per heavy atom. The van der Waals surface area contributed by atoms with E-state index in [4.69, 9.17) is 4.98 Å². The fourth-order valence-corrected chi connectivity index (χ4v) is 5.84. The highest BCUT2D eigenvalue weighted by molar-refractivity contribution is 6.15. The Labute approximate surface area is 204 Å². The molecule has 0 saturated carbocycles. The largest absolute Gasteiger partial charge is 0.256 e. The number of aromatic nitrogens is 2. The third kappa shape index (κ3) is 2.90. The van der Waals surface area contributed by atoms with E-state index in [1.807, 2.05) is 18.3 Å². The van der Waals surface area contributed by atoms with Crippen molar-refractivity contribution in [3.8, 4) is 33.6 Å². The zero-order chi connectivity index (χ0) is 23.6. The van der Waals surface area contributed by atoms with Gasteiger partial charge in [0.2, 0.25) is 0 Å². The van der Waals surface area contributed by atoms with Crippen molar-refractivity contribution in [2.24, 2.45) is 0 Å². The minimum atomic E-state index is -0.154. The first kappa shape index (κ1) is 20.1. The van der Waals surface area contributed by atoms with Crippen LogP contribution in [-0.4, -0.2) is 9.97 Å². The van der Waals surface area contributed by atoms with Gasteiger partial charge in [-0.05, 0) is 51.2 Å². The van der Waals surface area contributed by atoms with Crippen LogP contribution in [0.1, 0.15) is 25.0 Å². The molecule has 0 unspecified atom stereocenters. The molecule has 166 valence electrons. The zero-order valence-corrected chi connectivity index (χ0v) is 19.8. The van der Waals surface area contributed by atoms with Gasteiger partial charge in [0, 0.05) is 28.1 Å². The Morgan fingerprint density at radius 1 is 0.657 bits per heavy atom. The first-order chi connectivity index (χ1) is 17.1. The van der Waals surface area contributed by atoms with Crippen LogP contribution in [-0.2, 0) is 5.41 Å². The van der Waals surface area contributed by atoms with Crippen molar-refractivity contribution in [2.75, 3.05) is 0 Å². The number of hydrogen-bond donors (Lipinski definition) is 0. The normalized spacial score (nSPS) is 13.7. The van der Waals surface area contributed by atoms with Crippen LogP contribution in [0.5, 0.6) is 0 Å². The molecule has 4 aromatic carbocycles. The van der Waals surface area contributed by atoms with Gasteiger partial charge >= 0.3 is 0 Å². The van der Waals surface area contributed by atoms with E-state index in [9.17, 15) is 0 Å². The van der Waals surface area contributed by atoms with Gasteiger partial charge in [-0.15, -0.1) is 0 Å². The lowest BCUT2D eigenvalue weighted by Gasteiger charge is -2.25. The van der Waals surface area contributed by atoms with Gasteiger partial charge in [-0.1, -0.05) is 98.8 Å². The molecule has 2 heterocycles. The van der Waals surface area contributed by atoms with Gasteiger partial charge in [0.15, 0.2) is 0 Å². The van der Waals surface area contributed by atoms with Gasteiger partial charge in [-0.2, -0.15) is 0 Å². The van der Waals surface area contributed by atoms with Crippen LogP contribution in [0.15, 0.2) is 109 Å².